The second-order valence-electron chi connectivity index (χ2n) is 4.40. The normalized spacial score (nSPS) is 10.7. The molecule has 1 aromatic carbocycles. The van der Waals surface area contributed by atoms with E-state index in [2.05, 4.69) is 37.0 Å². The zero-order valence-electron chi connectivity index (χ0n) is 11.6. The number of carboxylic acid groups (broad SMARTS) is 1. The minimum atomic E-state index is -1.02. The summed E-state index contributed by atoms with van der Waals surface area (Å²) < 4.78 is 9.18. The first-order chi connectivity index (χ1) is 9.93. The number of aryl methyl sites for hydroxylation is 2. The molecule has 21 heavy (non-hydrogen) atoms. The van der Waals surface area contributed by atoms with Crippen LogP contribution in [0.4, 0.5) is 0 Å². The van der Waals surface area contributed by atoms with E-state index in [-0.39, 0.29) is 12.2 Å². The van der Waals surface area contributed by atoms with Crippen LogP contribution in [0.2, 0.25) is 0 Å². The van der Waals surface area contributed by atoms with Crippen molar-refractivity contribution in [3.63, 3.8) is 0 Å². The summed E-state index contributed by atoms with van der Waals surface area (Å²) in [5.74, 6) is -0.693. The van der Waals surface area contributed by atoms with E-state index in [1.807, 2.05) is 18.5 Å². The van der Waals surface area contributed by atoms with Gasteiger partial charge in [0.2, 0.25) is 0 Å². The van der Waals surface area contributed by atoms with E-state index in [9.17, 15) is 9.90 Å². The van der Waals surface area contributed by atoms with Gasteiger partial charge >= 0.3 is 5.97 Å². The molecule has 112 valence electrons. The van der Waals surface area contributed by atoms with Crippen molar-refractivity contribution in [2.75, 3.05) is 0 Å². The van der Waals surface area contributed by atoms with Crippen molar-refractivity contribution in [3.05, 3.63) is 44.1 Å². The summed E-state index contributed by atoms with van der Waals surface area (Å²) >= 11 is 6.81. The first-order valence-electron chi connectivity index (χ1n) is 6.31. The highest BCUT2D eigenvalue weighted by atomic mass is 79.9. The average molecular weight is 418 g/mol. The number of nitrogens with zero attached hydrogens (tertiary/aromatic N) is 2. The van der Waals surface area contributed by atoms with Crippen molar-refractivity contribution < 1.29 is 14.6 Å². The standard InChI is InChI=1S/C14H14Br2N2O3/c1-3-18-11(13(16)8(2)17-18)7-21-12-6-9(15)4-5-10(12)14(19)20/h4-6H,3,7H2,1-2H3,(H,19,20). The Bertz CT molecular complexity index is 683. The first-order valence-corrected chi connectivity index (χ1v) is 7.90. The molecule has 0 spiro atoms. The smallest absolute Gasteiger partial charge is 0.339 e. The third-order valence-electron chi connectivity index (χ3n) is 2.99. The van der Waals surface area contributed by atoms with Gasteiger partial charge in [0.05, 0.1) is 15.9 Å². The Morgan fingerprint density at radius 3 is 2.76 bits per heavy atom. The second kappa shape index (κ2) is 6.62. The number of benzene rings is 1. The molecule has 0 unspecified atom stereocenters. The largest absolute Gasteiger partial charge is 0.486 e. The average Bonchev–Trinajstić information content (AvgIpc) is 2.71. The number of carbonyl (C=O) groups is 1. The van der Waals surface area contributed by atoms with Crippen LogP contribution in [0.3, 0.4) is 0 Å². The fourth-order valence-electron chi connectivity index (χ4n) is 1.95. The summed E-state index contributed by atoms with van der Waals surface area (Å²) in [6, 6.07) is 4.84. The second-order valence-corrected chi connectivity index (χ2v) is 6.10. The van der Waals surface area contributed by atoms with E-state index in [0.717, 1.165) is 26.9 Å². The van der Waals surface area contributed by atoms with Gasteiger partial charge < -0.3 is 9.84 Å². The minimum Gasteiger partial charge on any atom is -0.486 e. The van der Waals surface area contributed by atoms with E-state index in [1.165, 1.54) is 6.07 Å². The molecule has 1 heterocycles. The minimum absolute atomic E-state index is 0.133. The van der Waals surface area contributed by atoms with E-state index >= 15 is 0 Å². The summed E-state index contributed by atoms with van der Waals surface area (Å²) in [5, 5.41) is 13.6. The molecule has 0 saturated heterocycles. The monoisotopic (exact) mass is 416 g/mol. The predicted molar refractivity (Wildman–Crippen MR) is 85.8 cm³/mol. The molecule has 0 fully saturated rings. The van der Waals surface area contributed by atoms with Crippen molar-refractivity contribution in [2.45, 2.75) is 27.0 Å². The molecular formula is C14H14Br2N2O3. The molecule has 2 rings (SSSR count). The van der Waals surface area contributed by atoms with Crippen LogP contribution in [0.5, 0.6) is 5.75 Å². The number of halogens is 2. The van der Waals surface area contributed by atoms with Crippen molar-refractivity contribution in [3.8, 4) is 5.75 Å². The Balaban J connectivity index is 2.28. The summed E-state index contributed by atoms with van der Waals surface area (Å²) in [6.07, 6.45) is 0. The number of rotatable bonds is 5. The van der Waals surface area contributed by atoms with Crippen molar-refractivity contribution >= 4 is 37.8 Å². The number of carboxylic acids is 1. The van der Waals surface area contributed by atoms with Gasteiger partial charge in [-0.3, -0.25) is 4.68 Å². The molecule has 0 atom stereocenters. The maximum Gasteiger partial charge on any atom is 0.339 e. The van der Waals surface area contributed by atoms with Crippen LogP contribution in [0.25, 0.3) is 0 Å². The van der Waals surface area contributed by atoms with Crippen molar-refractivity contribution in [1.82, 2.24) is 9.78 Å². The summed E-state index contributed by atoms with van der Waals surface area (Å²) in [6.45, 7) is 4.85. The van der Waals surface area contributed by atoms with Gasteiger partial charge in [-0.15, -0.1) is 0 Å². The Morgan fingerprint density at radius 2 is 2.14 bits per heavy atom. The zero-order valence-corrected chi connectivity index (χ0v) is 14.7. The topological polar surface area (TPSA) is 64.4 Å². The quantitative estimate of drug-likeness (QED) is 0.797. The fraction of sp³-hybridized carbons (Fsp3) is 0.286. The number of ether oxygens (including phenoxy) is 1. The molecule has 7 heteroatoms. The lowest BCUT2D eigenvalue weighted by molar-refractivity contribution is 0.0691. The van der Waals surface area contributed by atoms with Gasteiger partial charge in [-0.05, 0) is 48.0 Å². The van der Waals surface area contributed by atoms with E-state index in [0.29, 0.717) is 5.75 Å². The number of hydrogen-bond acceptors (Lipinski definition) is 3. The molecule has 2 aromatic rings. The Kier molecular flexibility index (Phi) is 5.05. The van der Waals surface area contributed by atoms with Crippen LogP contribution < -0.4 is 4.74 Å². The van der Waals surface area contributed by atoms with Gasteiger partial charge in [-0.2, -0.15) is 5.10 Å². The molecule has 0 amide bonds. The molecule has 1 N–H and O–H groups in total. The summed E-state index contributed by atoms with van der Waals surface area (Å²) in [5.41, 5.74) is 1.89. The van der Waals surface area contributed by atoms with Gasteiger partial charge in [0.1, 0.15) is 17.9 Å². The van der Waals surface area contributed by atoms with E-state index in [4.69, 9.17) is 4.74 Å². The highest BCUT2D eigenvalue weighted by Crippen LogP contribution is 2.27. The zero-order chi connectivity index (χ0) is 15.6. The maximum atomic E-state index is 11.2. The van der Waals surface area contributed by atoms with Gasteiger partial charge in [0.15, 0.2) is 0 Å². The van der Waals surface area contributed by atoms with Crippen LogP contribution in [0.15, 0.2) is 27.1 Å². The molecule has 0 saturated carbocycles. The lowest BCUT2D eigenvalue weighted by Crippen LogP contribution is -2.08. The van der Waals surface area contributed by atoms with Crippen LogP contribution in [0.1, 0.15) is 28.7 Å². The highest BCUT2D eigenvalue weighted by Gasteiger charge is 2.16. The van der Waals surface area contributed by atoms with Gasteiger partial charge in [0, 0.05) is 11.0 Å². The fourth-order valence-corrected chi connectivity index (χ4v) is 2.68. The van der Waals surface area contributed by atoms with Crippen LogP contribution in [-0.2, 0) is 13.2 Å². The van der Waals surface area contributed by atoms with Crippen molar-refractivity contribution in [2.24, 2.45) is 0 Å². The Morgan fingerprint density at radius 1 is 1.43 bits per heavy atom. The van der Waals surface area contributed by atoms with Crippen LogP contribution >= 0.6 is 31.9 Å². The summed E-state index contributed by atoms with van der Waals surface area (Å²) in [7, 11) is 0. The molecule has 0 aliphatic rings. The molecular weight excluding hydrogens is 404 g/mol. The van der Waals surface area contributed by atoms with Gasteiger partial charge in [-0.25, -0.2) is 4.79 Å². The first kappa shape index (κ1) is 16.0. The van der Waals surface area contributed by atoms with E-state index in [1.54, 1.807) is 12.1 Å². The van der Waals surface area contributed by atoms with E-state index < -0.39 is 5.97 Å². The lowest BCUT2D eigenvalue weighted by atomic mass is 10.2. The number of hydrogen-bond donors (Lipinski definition) is 1. The Hall–Kier alpha value is -1.34. The maximum absolute atomic E-state index is 11.2. The van der Waals surface area contributed by atoms with Crippen LogP contribution in [-0.4, -0.2) is 20.9 Å². The SMILES string of the molecule is CCn1nc(C)c(Br)c1COc1cc(Br)ccc1C(=O)O. The summed E-state index contributed by atoms with van der Waals surface area (Å²) in [4.78, 5) is 11.2. The van der Waals surface area contributed by atoms with Crippen LogP contribution in [0, 0.1) is 6.92 Å². The molecule has 0 aliphatic carbocycles. The highest BCUT2D eigenvalue weighted by molar-refractivity contribution is 9.10. The van der Waals surface area contributed by atoms with Gasteiger partial charge in [0.25, 0.3) is 0 Å². The molecule has 0 aliphatic heterocycles. The molecule has 0 radical (unpaired) electrons. The van der Waals surface area contributed by atoms with Gasteiger partial charge in [-0.1, -0.05) is 15.9 Å². The molecule has 5 nitrogen and oxygen atoms in total. The Labute approximate surface area is 139 Å². The predicted octanol–water partition coefficient (Wildman–Crippen LogP) is 4.01. The molecule has 0 bridgehead atoms. The van der Waals surface area contributed by atoms with Crippen molar-refractivity contribution in [1.29, 1.82) is 0 Å². The molecule has 1 aromatic heterocycles. The lowest BCUT2D eigenvalue weighted by Gasteiger charge is -2.11. The number of aromatic nitrogens is 2. The third-order valence-corrected chi connectivity index (χ3v) is 4.52. The number of aromatic carboxylic acids is 1. The third kappa shape index (κ3) is 3.47.